The lowest BCUT2D eigenvalue weighted by molar-refractivity contribution is 0.0696. The van der Waals surface area contributed by atoms with Gasteiger partial charge in [0.25, 0.3) is 5.91 Å². The van der Waals surface area contributed by atoms with Crippen molar-refractivity contribution in [1.29, 1.82) is 0 Å². The number of carbonyl (C=O) groups is 2. The Bertz CT molecular complexity index is 884. The molecule has 2 N–H and O–H groups in total. The van der Waals surface area contributed by atoms with Gasteiger partial charge in [-0.3, -0.25) is 4.79 Å². The second-order valence-electron chi connectivity index (χ2n) is 5.31. The van der Waals surface area contributed by atoms with Crippen molar-refractivity contribution in [2.24, 2.45) is 0 Å². The summed E-state index contributed by atoms with van der Waals surface area (Å²) in [6.07, 6.45) is 5.19. The van der Waals surface area contributed by atoms with Crippen molar-refractivity contribution in [1.82, 2.24) is 9.55 Å². The Kier molecular flexibility index (Phi) is 4.11. The Hall–Kier alpha value is -3.41. The Morgan fingerprint density at radius 1 is 1.12 bits per heavy atom. The fourth-order valence-electron chi connectivity index (χ4n) is 2.38. The number of rotatable bonds is 4. The van der Waals surface area contributed by atoms with Crippen LogP contribution in [0.4, 0.5) is 5.69 Å². The second kappa shape index (κ2) is 6.37. The van der Waals surface area contributed by atoms with Gasteiger partial charge in [-0.25, -0.2) is 9.78 Å². The maximum absolute atomic E-state index is 12.3. The highest BCUT2D eigenvalue weighted by Crippen LogP contribution is 2.17. The van der Waals surface area contributed by atoms with E-state index >= 15 is 0 Å². The number of aromatic carboxylic acids is 1. The van der Waals surface area contributed by atoms with E-state index in [-0.39, 0.29) is 11.5 Å². The van der Waals surface area contributed by atoms with Crippen molar-refractivity contribution in [3.05, 3.63) is 77.9 Å². The number of anilines is 1. The molecule has 3 aromatic rings. The van der Waals surface area contributed by atoms with Gasteiger partial charge in [-0.1, -0.05) is 0 Å². The molecule has 3 rings (SSSR count). The molecule has 0 saturated carbocycles. The molecule has 0 radical (unpaired) electrons. The summed E-state index contributed by atoms with van der Waals surface area (Å²) in [6, 6.07) is 11.8. The van der Waals surface area contributed by atoms with Gasteiger partial charge in [0.2, 0.25) is 0 Å². The van der Waals surface area contributed by atoms with Crippen LogP contribution in [0, 0.1) is 6.92 Å². The largest absolute Gasteiger partial charge is 0.478 e. The number of hydrogen-bond acceptors (Lipinski definition) is 3. The highest BCUT2D eigenvalue weighted by atomic mass is 16.4. The van der Waals surface area contributed by atoms with Crippen LogP contribution in [0.1, 0.15) is 26.3 Å². The number of carbonyl (C=O) groups excluding carboxylic acids is 1. The number of hydrogen-bond donors (Lipinski definition) is 2. The Morgan fingerprint density at radius 2 is 1.88 bits per heavy atom. The first-order valence-corrected chi connectivity index (χ1v) is 7.28. The van der Waals surface area contributed by atoms with Gasteiger partial charge >= 0.3 is 5.97 Å². The fraction of sp³-hybridized carbons (Fsp3) is 0.0556. The molecule has 0 aliphatic rings. The standard InChI is InChI=1S/C18H15N3O3/c1-12-10-14(4-7-16(12)18(23)24)20-17(22)13-2-5-15(6-3-13)21-9-8-19-11-21/h2-11H,1H3,(H,20,22)(H,23,24). The number of amides is 1. The zero-order valence-corrected chi connectivity index (χ0v) is 12.9. The van der Waals surface area contributed by atoms with Crippen LogP contribution < -0.4 is 5.32 Å². The molecule has 0 bridgehead atoms. The summed E-state index contributed by atoms with van der Waals surface area (Å²) in [7, 11) is 0. The summed E-state index contributed by atoms with van der Waals surface area (Å²) in [4.78, 5) is 27.3. The second-order valence-corrected chi connectivity index (χ2v) is 5.31. The van der Waals surface area contributed by atoms with Crippen LogP contribution in [0.5, 0.6) is 0 Å². The van der Waals surface area contributed by atoms with Gasteiger partial charge in [-0.2, -0.15) is 0 Å². The van der Waals surface area contributed by atoms with E-state index in [0.717, 1.165) is 5.69 Å². The van der Waals surface area contributed by atoms with Crippen LogP contribution in [0.15, 0.2) is 61.2 Å². The summed E-state index contributed by atoms with van der Waals surface area (Å²) >= 11 is 0. The third-order valence-corrected chi connectivity index (χ3v) is 3.65. The molecule has 0 saturated heterocycles. The number of aryl methyl sites for hydroxylation is 1. The molecule has 24 heavy (non-hydrogen) atoms. The van der Waals surface area contributed by atoms with E-state index in [1.54, 1.807) is 43.7 Å². The molecule has 0 aliphatic carbocycles. The first kappa shape index (κ1) is 15.5. The molecular weight excluding hydrogens is 306 g/mol. The van der Waals surface area contributed by atoms with Gasteiger partial charge in [0.1, 0.15) is 0 Å². The van der Waals surface area contributed by atoms with E-state index in [1.165, 1.54) is 6.07 Å². The van der Waals surface area contributed by atoms with Crippen LogP contribution in [-0.2, 0) is 0 Å². The van der Waals surface area contributed by atoms with Crippen molar-refractivity contribution in [3.63, 3.8) is 0 Å². The topological polar surface area (TPSA) is 84.2 Å². The molecule has 2 aromatic carbocycles. The number of nitrogens with zero attached hydrogens (tertiary/aromatic N) is 2. The molecular formula is C18H15N3O3. The van der Waals surface area contributed by atoms with E-state index in [0.29, 0.717) is 16.8 Å². The number of benzene rings is 2. The van der Waals surface area contributed by atoms with Crippen LogP contribution in [-0.4, -0.2) is 26.5 Å². The van der Waals surface area contributed by atoms with Gasteiger partial charge in [-0.05, 0) is 55.0 Å². The SMILES string of the molecule is Cc1cc(NC(=O)c2ccc(-n3ccnc3)cc2)ccc1C(=O)O. The Labute approximate surface area is 138 Å². The number of nitrogens with one attached hydrogen (secondary N) is 1. The van der Waals surface area contributed by atoms with Crippen LogP contribution in [0.3, 0.4) is 0 Å². The highest BCUT2D eigenvalue weighted by molar-refractivity contribution is 6.04. The van der Waals surface area contributed by atoms with Crippen molar-refractivity contribution in [3.8, 4) is 5.69 Å². The van der Waals surface area contributed by atoms with Gasteiger partial charge in [0.05, 0.1) is 11.9 Å². The molecule has 0 unspecified atom stereocenters. The zero-order chi connectivity index (χ0) is 17.1. The molecule has 1 heterocycles. The summed E-state index contributed by atoms with van der Waals surface area (Å²) < 4.78 is 1.84. The van der Waals surface area contributed by atoms with Crippen LogP contribution in [0.25, 0.3) is 5.69 Å². The van der Waals surface area contributed by atoms with Crippen molar-refractivity contribution in [2.45, 2.75) is 6.92 Å². The number of carboxylic acids is 1. The van der Waals surface area contributed by atoms with Crippen molar-refractivity contribution >= 4 is 17.6 Å². The maximum atomic E-state index is 12.3. The maximum Gasteiger partial charge on any atom is 0.335 e. The summed E-state index contributed by atoms with van der Waals surface area (Å²) in [6.45, 7) is 1.69. The molecule has 0 atom stereocenters. The van der Waals surface area contributed by atoms with Crippen molar-refractivity contribution < 1.29 is 14.7 Å². The van der Waals surface area contributed by atoms with E-state index in [9.17, 15) is 9.59 Å². The monoisotopic (exact) mass is 321 g/mol. The van der Waals surface area contributed by atoms with Gasteiger partial charge in [0, 0.05) is 29.3 Å². The highest BCUT2D eigenvalue weighted by Gasteiger charge is 2.10. The van der Waals surface area contributed by atoms with Crippen molar-refractivity contribution in [2.75, 3.05) is 5.32 Å². The predicted octanol–water partition coefficient (Wildman–Crippen LogP) is 3.13. The molecule has 1 amide bonds. The number of imidazole rings is 1. The minimum Gasteiger partial charge on any atom is -0.478 e. The smallest absolute Gasteiger partial charge is 0.335 e. The average molecular weight is 321 g/mol. The lowest BCUT2D eigenvalue weighted by atomic mass is 10.1. The number of carboxylic acid groups (broad SMARTS) is 1. The van der Waals surface area contributed by atoms with E-state index < -0.39 is 5.97 Å². The third-order valence-electron chi connectivity index (χ3n) is 3.65. The van der Waals surface area contributed by atoms with Gasteiger partial charge in [0.15, 0.2) is 0 Å². The molecule has 0 fully saturated rings. The van der Waals surface area contributed by atoms with Gasteiger partial charge in [-0.15, -0.1) is 0 Å². The molecule has 0 aliphatic heterocycles. The Morgan fingerprint density at radius 3 is 2.46 bits per heavy atom. The minimum absolute atomic E-state index is 0.220. The molecule has 0 spiro atoms. The molecule has 6 nitrogen and oxygen atoms in total. The molecule has 120 valence electrons. The first-order valence-electron chi connectivity index (χ1n) is 7.28. The van der Waals surface area contributed by atoms with Gasteiger partial charge < -0.3 is 15.0 Å². The lowest BCUT2D eigenvalue weighted by Crippen LogP contribution is -2.12. The summed E-state index contributed by atoms with van der Waals surface area (Å²) in [5.41, 5.74) is 2.79. The lowest BCUT2D eigenvalue weighted by Gasteiger charge is -2.09. The predicted molar refractivity (Wildman–Crippen MR) is 89.7 cm³/mol. The van der Waals surface area contributed by atoms with E-state index in [1.807, 2.05) is 22.9 Å². The molecule has 6 heteroatoms. The molecule has 1 aromatic heterocycles. The van der Waals surface area contributed by atoms with Crippen LogP contribution in [0.2, 0.25) is 0 Å². The van der Waals surface area contributed by atoms with Crippen LogP contribution >= 0.6 is 0 Å². The normalized spacial score (nSPS) is 10.4. The third kappa shape index (κ3) is 3.17. The zero-order valence-electron chi connectivity index (χ0n) is 12.9. The minimum atomic E-state index is -0.986. The van der Waals surface area contributed by atoms with E-state index in [4.69, 9.17) is 5.11 Å². The summed E-state index contributed by atoms with van der Waals surface area (Å²) in [5.74, 6) is -1.24. The fourth-order valence-corrected chi connectivity index (χ4v) is 2.38. The first-order chi connectivity index (χ1) is 11.5. The van der Waals surface area contributed by atoms with E-state index in [2.05, 4.69) is 10.3 Å². The average Bonchev–Trinajstić information content (AvgIpc) is 3.09. The Balaban J connectivity index is 1.75. The summed E-state index contributed by atoms with van der Waals surface area (Å²) in [5, 5.41) is 11.8. The number of aromatic nitrogens is 2. The quantitative estimate of drug-likeness (QED) is 0.773.